The van der Waals surface area contributed by atoms with Gasteiger partial charge in [0, 0.05) is 32.2 Å². The molecule has 2 aliphatic rings. The molecule has 1 atom stereocenters. The first-order valence-corrected chi connectivity index (χ1v) is 11.5. The van der Waals surface area contributed by atoms with Crippen LogP contribution in [0.1, 0.15) is 31.2 Å². The Hall–Kier alpha value is -2.93. The Bertz CT molecular complexity index is 1080. The molecule has 0 bridgehead atoms. The molecule has 0 aliphatic carbocycles. The van der Waals surface area contributed by atoms with Crippen molar-refractivity contribution in [3.05, 3.63) is 59.9 Å². The quantitative estimate of drug-likeness (QED) is 0.640. The number of halogens is 1. The SMILES string of the molecule is O=C(NC[C@H]1CCCO1)C1CCN(c2nc3ccccc3n2Cc2cccc(F)c2)CC1. The van der Waals surface area contributed by atoms with Crippen LogP contribution >= 0.6 is 0 Å². The number of amides is 1. The number of imidazole rings is 1. The molecule has 7 heteroatoms. The number of anilines is 1. The van der Waals surface area contributed by atoms with Crippen molar-refractivity contribution in [2.24, 2.45) is 5.92 Å². The van der Waals surface area contributed by atoms with E-state index in [1.807, 2.05) is 24.3 Å². The zero-order valence-corrected chi connectivity index (χ0v) is 18.2. The van der Waals surface area contributed by atoms with Gasteiger partial charge in [0.2, 0.25) is 11.9 Å². The summed E-state index contributed by atoms with van der Waals surface area (Å²) in [7, 11) is 0. The molecule has 0 spiro atoms. The van der Waals surface area contributed by atoms with Crippen LogP contribution in [-0.4, -0.2) is 47.8 Å². The lowest BCUT2D eigenvalue weighted by Gasteiger charge is -2.32. The van der Waals surface area contributed by atoms with Crippen LogP contribution in [0, 0.1) is 11.7 Å². The number of carbonyl (C=O) groups is 1. The molecule has 0 radical (unpaired) electrons. The van der Waals surface area contributed by atoms with E-state index >= 15 is 0 Å². The van der Waals surface area contributed by atoms with Crippen molar-refractivity contribution in [1.82, 2.24) is 14.9 Å². The van der Waals surface area contributed by atoms with Gasteiger partial charge in [-0.2, -0.15) is 0 Å². The number of nitrogens with one attached hydrogen (secondary N) is 1. The van der Waals surface area contributed by atoms with E-state index in [4.69, 9.17) is 9.72 Å². The standard InChI is InChI=1S/C25H29FN4O2/c26-20-6-3-5-18(15-20)17-30-23-9-2-1-8-22(23)28-25(30)29-12-10-19(11-13-29)24(31)27-16-21-7-4-14-32-21/h1-3,5-6,8-9,15,19,21H,4,7,10-14,16-17H2,(H,27,31)/t21-/m1/s1. The van der Waals surface area contributed by atoms with Crippen LogP contribution in [0.3, 0.4) is 0 Å². The van der Waals surface area contributed by atoms with Crippen molar-refractivity contribution in [2.45, 2.75) is 38.3 Å². The lowest BCUT2D eigenvalue weighted by molar-refractivity contribution is -0.126. The van der Waals surface area contributed by atoms with Crippen LogP contribution in [-0.2, 0) is 16.1 Å². The molecule has 2 saturated heterocycles. The van der Waals surface area contributed by atoms with Crippen LogP contribution in [0.5, 0.6) is 0 Å². The van der Waals surface area contributed by atoms with E-state index in [0.717, 1.165) is 67.9 Å². The second kappa shape index (κ2) is 9.28. The maximum atomic E-state index is 13.8. The van der Waals surface area contributed by atoms with Crippen molar-refractivity contribution in [2.75, 3.05) is 31.1 Å². The second-order valence-electron chi connectivity index (χ2n) is 8.76. The van der Waals surface area contributed by atoms with Crippen LogP contribution in [0.2, 0.25) is 0 Å². The Morgan fingerprint density at radius 1 is 1.12 bits per heavy atom. The minimum atomic E-state index is -0.233. The van der Waals surface area contributed by atoms with Gasteiger partial charge in [-0.15, -0.1) is 0 Å². The molecule has 168 valence electrons. The van der Waals surface area contributed by atoms with Crippen molar-refractivity contribution in [1.29, 1.82) is 0 Å². The molecule has 1 amide bonds. The molecular weight excluding hydrogens is 407 g/mol. The maximum Gasteiger partial charge on any atom is 0.223 e. The topological polar surface area (TPSA) is 59.4 Å². The summed E-state index contributed by atoms with van der Waals surface area (Å²) in [6.07, 6.45) is 3.86. The number of carbonyl (C=O) groups excluding carboxylic acids is 1. The molecule has 1 aromatic heterocycles. The monoisotopic (exact) mass is 436 g/mol. The average molecular weight is 437 g/mol. The smallest absolute Gasteiger partial charge is 0.223 e. The molecule has 0 unspecified atom stereocenters. The van der Waals surface area contributed by atoms with Gasteiger partial charge in [-0.3, -0.25) is 4.79 Å². The number of fused-ring (bicyclic) bond motifs is 1. The normalized spacial score (nSPS) is 19.5. The number of aromatic nitrogens is 2. The number of ether oxygens (including phenoxy) is 1. The van der Waals surface area contributed by atoms with Crippen LogP contribution in [0.15, 0.2) is 48.5 Å². The molecule has 3 aromatic rings. The molecule has 32 heavy (non-hydrogen) atoms. The lowest BCUT2D eigenvalue weighted by atomic mass is 9.96. The summed E-state index contributed by atoms with van der Waals surface area (Å²) in [5.74, 6) is 0.805. The zero-order valence-electron chi connectivity index (χ0n) is 18.2. The minimum absolute atomic E-state index is 0.0219. The van der Waals surface area contributed by atoms with Gasteiger partial charge in [-0.05, 0) is 55.5 Å². The van der Waals surface area contributed by atoms with Gasteiger partial charge in [-0.25, -0.2) is 9.37 Å². The van der Waals surface area contributed by atoms with Crippen molar-refractivity contribution >= 4 is 22.9 Å². The second-order valence-corrected chi connectivity index (χ2v) is 8.76. The van der Waals surface area contributed by atoms with Gasteiger partial charge in [0.25, 0.3) is 0 Å². The molecule has 6 nitrogen and oxygen atoms in total. The third kappa shape index (κ3) is 4.48. The lowest BCUT2D eigenvalue weighted by Crippen LogP contribution is -2.43. The van der Waals surface area contributed by atoms with Gasteiger partial charge in [0.05, 0.1) is 23.7 Å². The summed E-state index contributed by atoms with van der Waals surface area (Å²) >= 11 is 0. The van der Waals surface area contributed by atoms with Crippen molar-refractivity contribution in [3.63, 3.8) is 0 Å². The van der Waals surface area contributed by atoms with Crippen molar-refractivity contribution in [3.8, 4) is 0 Å². The fraction of sp³-hybridized carbons (Fsp3) is 0.440. The summed E-state index contributed by atoms with van der Waals surface area (Å²) in [6, 6.07) is 14.8. The Kier molecular flexibility index (Phi) is 6.08. The van der Waals surface area contributed by atoms with Crippen LogP contribution in [0.25, 0.3) is 11.0 Å². The van der Waals surface area contributed by atoms with Gasteiger partial charge in [0.1, 0.15) is 5.82 Å². The highest BCUT2D eigenvalue weighted by atomic mass is 19.1. The minimum Gasteiger partial charge on any atom is -0.376 e. The van der Waals surface area contributed by atoms with E-state index in [9.17, 15) is 9.18 Å². The Morgan fingerprint density at radius 2 is 1.97 bits per heavy atom. The summed E-state index contributed by atoms with van der Waals surface area (Å²) in [4.78, 5) is 19.8. The van der Waals surface area contributed by atoms with Gasteiger partial charge >= 0.3 is 0 Å². The molecule has 0 saturated carbocycles. The average Bonchev–Trinajstić information content (AvgIpc) is 3.46. The predicted molar refractivity (Wildman–Crippen MR) is 122 cm³/mol. The van der Waals surface area contributed by atoms with E-state index in [2.05, 4.69) is 20.9 Å². The van der Waals surface area contributed by atoms with Gasteiger partial charge in [-0.1, -0.05) is 24.3 Å². The third-order valence-electron chi connectivity index (χ3n) is 6.54. The van der Waals surface area contributed by atoms with Crippen LogP contribution in [0.4, 0.5) is 10.3 Å². The molecule has 2 aromatic carbocycles. The highest BCUT2D eigenvalue weighted by Gasteiger charge is 2.28. The van der Waals surface area contributed by atoms with Crippen molar-refractivity contribution < 1.29 is 13.9 Å². The number of benzene rings is 2. The number of hydrogen-bond acceptors (Lipinski definition) is 4. The summed E-state index contributed by atoms with van der Waals surface area (Å²) < 4.78 is 21.5. The Balaban J connectivity index is 1.29. The third-order valence-corrected chi connectivity index (χ3v) is 6.54. The summed E-state index contributed by atoms with van der Waals surface area (Å²) in [6.45, 7) is 3.50. The Labute approximate surface area is 187 Å². The van der Waals surface area contributed by atoms with E-state index < -0.39 is 0 Å². The highest BCUT2D eigenvalue weighted by Crippen LogP contribution is 2.28. The number of rotatable bonds is 6. The highest BCUT2D eigenvalue weighted by molar-refractivity contribution is 5.80. The first kappa shape index (κ1) is 20.9. The van der Waals surface area contributed by atoms with E-state index in [1.54, 1.807) is 12.1 Å². The van der Waals surface area contributed by atoms with E-state index in [1.165, 1.54) is 6.07 Å². The van der Waals surface area contributed by atoms with E-state index in [-0.39, 0.29) is 23.7 Å². The summed E-state index contributed by atoms with van der Waals surface area (Å²) in [5.41, 5.74) is 2.86. The first-order chi connectivity index (χ1) is 15.7. The van der Waals surface area contributed by atoms with Gasteiger partial charge < -0.3 is 19.5 Å². The van der Waals surface area contributed by atoms with E-state index in [0.29, 0.717) is 13.1 Å². The van der Waals surface area contributed by atoms with Gasteiger partial charge in [0.15, 0.2) is 0 Å². The Morgan fingerprint density at radius 3 is 2.75 bits per heavy atom. The first-order valence-electron chi connectivity index (χ1n) is 11.5. The predicted octanol–water partition coefficient (Wildman–Crippen LogP) is 3.74. The number of hydrogen-bond donors (Lipinski definition) is 1. The molecule has 5 rings (SSSR count). The fourth-order valence-electron chi connectivity index (χ4n) is 4.78. The van der Waals surface area contributed by atoms with Crippen LogP contribution < -0.4 is 10.2 Å². The number of nitrogens with zero attached hydrogens (tertiary/aromatic N) is 3. The molecule has 3 heterocycles. The molecule has 2 fully saturated rings. The summed E-state index contributed by atoms with van der Waals surface area (Å²) in [5, 5.41) is 3.08. The number of piperidine rings is 1. The molecular formula is C25H29FN4O2. The largest absolute Gasteiger partial charge is 0.376 e. The number of para-hydroxylation sites is 2. The maximum absolute atomic E-state index is 13.8. The molecule has 2 aliphatic heterocycles. The zero-order chi connectivity index (χ0) is 21.9. The molecule has 1 N–H and O–H groups in total. The fourth-order valence-corrected chi connectivity index (χ4v) is 4.78.